The maximum atomic E-state index is 13.9. The van der Waals surface area contributed by atoms with E-state index in [1.165, 1.54) is 16.7 Å². The lowest BCUT2D eigenvalue weighted by Gasteiger charge is -2.08. The van der Waals surface area contributed by atoms with Crippen molar-refractivity contribution in [1.82, 2.24) is 9.55 Å². The molecule has 3 aromatic rings. The molecule has 0 saturated heterocycles. The second kappa shape index (κ2) is 4.42. The zero-order valence-corrected chi connectivity index (χ0v) is 10.6. The van der Waals surface area contributed by atoms with Crippen molar-refractivity contribution in [3.8, 4) is 5.69 Å². The van der Waals surface area contributed by atoms with Crippen LogP contribution in [0.3, 0.4) is 0 Å². The van der Waals surface area contributed by atoms with Crippen LogP contribution >= 0.6 is 11.6 Å². The molecule has 0 atom stereocenters. The van der Waals surface area contributed by atoms with E-state index in [2.05, 4.69) is 4.98 Å². The number of rotatable bonds is 1. The quantitative estimate of drug-likeness (QED) is 0.744. The van der Waals surface area contributed by atoms with Crippen LogP contribution < -0.4 is 5.73 Å². The van der Waals surface area contributed by atoms with Gasteiger partial charge in [-0.3, -0.25) is 4.57 Å². The Hall–Kier alpha value is -2.21. The van der Waals surface area contributed by atoms with E-state index in [0.29, 0.717) is 5.52 Å². The molecule has 102 valence electrons. The van der Waals surface area contributed by atoms with E-state index >= 15 is 0 Å². The molecule has 0 saturated carbocycles. The van der Waals surface area contributed by atoms with E-state index in [0.717, 1.165) is 18.2 Å². The van der Waals surface area contributed by atoms with Crippen LogP contribution in [0.4, 0.5) is 19.1 Å². The highest BCUT2D eigenvalue weighted by atomic mass is 35.5. The molecule has 20 heavy (non-hydrogen) atoms. The van der Waals surface area contributed by atoms with Gasteiger partial charge in [-0.15, -0.1) is 0 Å². The van der Waals surface area contributed by atoms with Crippen LogP contribution in [0.1, 0.15) is 0 Å². The van der Waals surface area contributed by atoms with Gasteiger partial charge in [0.1, 0.15) is 17.5 Å². The number of nitrogens with two attached hydrogens (primary N) is 1. The van der Waals surface area contributed by atoms with Crippen molar-refractivity contribution in [2.24, 2.45) is 0 Å². The molecule has 1 aromatic heterocycles. The van der Waals surface area contributed by atoms with Gasteiger partial charge in [0, 0.05) is 12.1 Å². The summed E-state index contributed by atoms with van der Waals surface area (Å²) in [4.78, 5) is 3.94. The lowest BCUT2D eigenvalue weighted by atomic mass is 10.2. The Morgan fingerprint density at radius 3 is 2.50 bits per heavy atom. The number of aromatic nitrogens is 2. The second-order valence-electron chi connectivity index (χ2n) is 4.16. The topological polar surface area (TPSA) is 43.8 Å². The van der Waals surface area contributed by atoms with Gasteiger partial charge < -0.3 is 5.73 Å². The van der Waals surface area contributed by atoms with E-state index in [1.807, 2.05) is 0 Å². The largest absolute Gasteiger partial charge is 0.369 e. The first kappa shape index (κ1) is 12.8. The van der Waals surface area contributed by atoms with E-state index < -0.39 is 17.5 Å². The zero-order valence-electron chi connectivity index (χ0n) is 9.87. The Balaban J connectivity index is 2.35. The predicted molar refractivity (Wildman–Crippen MR) is 70.4 cm³/mol. The summed E-state index contributed by atoms with van der Waals surface area (Å²) in [7, 11) is 0. The average Bonchev–Trinajstić information content (AvgIpc) is 2.66. The van der Waals surface area contributed by atoms with Gasteiger partial charge in [-0.1, -0.05) is 11.6 Å². The lowest BCUT2D eigenvalue weighted by molar-refractivity contribution is 0.579. The summed E-state index contributed by atoms with van der Waals surface area (Å²) in [5.74, 6) is -2.22. The van der Waals surface area contributed by atoms with Crippen molar-refractivity contribution in [3.63, 3.8) is 0 Å². The van der Waals surface area contributed by atoms with Crippen LogP contribution in [0, 0.1) is 17.5 Å². The zero-order chi connectivity index (χ0) is 14.4. The standard InChI is InChI=1S/C13H7ClF3N3/c14-7-4-12-10(5-8(7)16)19-13(18)20(12)11-2-1-6(15)3-9(11)17/h1-5H,(H2,18,19). The fourth-order valence-corrected chi connectivity index (χ4v) is 2.17. The Labute approximate surface area is 116 Å². The van der Waals surface area contributed by atoms with Crippen LogP contribution in [-0.2, 0) is 0 Å². The molecule has 0 spiro atoms. The molecular weight excluding hydrogens is 291 g/mol. The molecule has 0 unspecified atom stereocenters. The third-order valence-electron chi connectivity index (χ3n) is 2.87. The highest BCUT2D eigenvalue weighted by Gasteiger charge is 2.16. The highest BCUT2D eigenvalue weighted by molar-refractivity contribution is 6.31. The molecule has 3 rings (SSSR count). The highest BCUT2D eigenvalue weighted by Crippen LogP contribution is 2.28. The van der Waals surface area contributed by atoms with Crippen molar-refractivity contribution in [2.75, 3.05) is 5.73 Å². The maximum absolute atomic E-state index is 13.9. The Kier molecular flexibility index (Phi) is 2.83. The molecule has 0 aliphatic carbocycles. The minimum atomic E-state index is -0.809. The number of fused-ring (bicyclic) bond motifs is 1. The third-order valence-corrected chi connectivity index (χ3v) is 3.16. The number of halogens is 4. The van der Waals surface area contributed by atoms with Gasteiger partial charge >= 0.3 is 0 Å². The van der Waals surface area contributed by atoms with E-state index in [4.69, 9.17) is 17.3 Å². The number of benzene rings is 2. The second-order valence-corrected chi connectivity index (χ2v) is 4.56. The molecule has 1 heterocycles. The monoisotopic (exact) mass is 297 g/mol. The summed E-state index contributed by atoms with van der Waals surface area (Å²) in [5, 5.41) is -0.138. The predicted octanol–water partition coefficient (Wildman–Crippen LogP) is 3.68. The first-order valence-electron chi connectivity index (χ1n) is 5.56. The van der Waals surface area contributed by atoms with E-state index in [9.17, 15) is 13.2 Å². The van der Waals surface area contributed by atoms with Crippen molar-refractivity contribution >= 4 is 28.6 Å². The number of hydrogen-bond donors (Lipinski definition) is 1. The number of nitrogens with zero attached hydrogens (tertiary/aromatic N) is 2. The molecule has 0 radical (unpaired) electrons. The summed E-state index contributed by atoms with van der Waals surface area (Å²) in [6.07, 6.45) is 0. The molecule has 7 heteroatoms. The van der Waals surface area contributed by atoms with E-state index in [-0.39, 0.29) is 22.2 Å². The molecular formula is C13H7ClF3N3. The number of imidazole rings is 1. The fourth-order valence-electron chi connectivity index (χ4n) is 2.01. The lowest BCUT2D eigenvalue weighted by Crippen LogP contribution is -2.03. The number of hydrogen-bond acceptors (Lipinski definition) is 2. The van der Waals surface area contributed by atoms with Gasteiger partial charge in [-0.25, -0.2) is 18.2 Å². The number of nitrogen functional groups attached to an aromatic ring is 1. The van der Waals surface area contributed by atoms with Crippen molar-refractivity contribution in [2.45, 2.75) is 0 Å². The van der Waals surface area contributed by atoms with Crippen LogP contribution in [0.2, 0.25) is 5.02 Å². The summed E-state index contributed by atoms with van der Waals surface area (Å²) < 4.78 is 41.4. The Morgan fingerprint density at radius 2 is 1.80 bits per heavy atom. The molecule has 2 N–H and O–H groups in total. The van der Waals surface area contributed by atoms with Crippen molar-refractivity contribution in [1.29, 1.82) is 0 Å². The van der Waals surface area contributed by atoms with Gasteiger partial charge in [-0.2, -0.15) is 0 Å². The first-order chi connectivity index (χ1) is 9.47. The molecule has 0 bridgehead atoms. The first-order valence-corrected chi connectivity index (χ1v) is 5.93. The normalized spacial score (nSPS) is 11.2. The average molecular weight is 298 g/mol. The Morgan fingerprint density at radius 1 is 1.05 bits per heavy atom. The van der Waals surface area contributed by atoms with E-state index in [1.54, 1.807) is 0 Å². The minimum absolute atomic E-state index is 0.00840. The van der Waals surface area contributed by atoms with Crippen LogP contribution in [0.25, 0.3) is 16.7 Å². The van der Waals surface area contributed by atoms with Gasteiger partial charge in [0.15, 0.2) is 0 Å². The smallest absolute Gasteiger partial charge is 0.206 e. The molecule has 2 aromatic carbocycles. The number of anilines is 1. The molecule has 0 amide bonds. The fraction of sp³-hybridized carbons (Fsp3) is 0. The molecule has 3 nitrogen and oxygen atoms in total. The van der Waals surface area contributed by atoms with Crippen LogP contribution in [0.15, 0.2) is 30.3 Å². The third kappa shape index (κ3) is 1.89. The minimum Gasteiger partial charge on any atom is -0.369 e. The van der Waals surface area contributed by atoms with Gasteiger partial charge in [0.2, 0.25) is 5.95 Å². The summed E-state index contributed by atoms with van der Waals surface area (Å²) in [5.41, 5.74) is 6.29. The maximum Gasteiger partial charge on any atom is 0.206 e. The van der Waals surface area contributed by atoms with Gasteiger partial charge in [-0.05, 0) is 18.2 Å². The summed E-state index contributed by atoms with van der Waals surface area (Å²) >= 11 is 5.71. The Bertz CT molecular complexity index is 829. The molecule has 0 fully saturated rings. The molecule has 0 aliphatic rings. The summed E-state index contributed by atoms with van der Waals surface area (Å²) in [6, 6.07) is 5.43. The van der Waals surface area contributed by atoms with Gasteiger partial charge in [0.25, 0.3) is 0 Å². The van der Waals surface area contributed by atoms with Crippen molar-refractivity contribution < 1.29 is 13.2 Å². The SMILES string of the molecule is Nc1nc2cc(F)c(Cl)cc2n1-c1ccc(F)cc1F. The molecule has 0 aliphatic heterocycles. The van der Waals surface area contributed by atoms with Crippen molar-refractivity contribution in [3.05, 3.63) is 52.8 Å². The van der Waals surface area contributed by atoms with Crippen LogP contribution in [0.5, 0.6) is 0 Å². The summed E-state index contributed by atoms with van der Waals surface area (Å²) in [6.45, 7) is 0. The van der Waals surface area contributed by atoms with Gasteiger partial charge in [0.05, 0.1) is 21.7 Å². The van der Waals surface area contributed by atoms with Crippen LogP contribution in [-0.4, -0.2) is 9.55 Å².